The Kier molecular flexibility index (Phi) is 4.70. The fourth-order valence-electron chi connectivity index (χ4n) is 2.27. The van der Waals surface area contributed by atoms with Crippen molar-refractivity contribution >= 4 is 11.8 Å². The van der Waals surface area contributed by atoms with E-state index in [1.807, 2.05) is 24.3 Å². The minimum Gasteiger partial charge on any atom is -0.265 e. The van der Waals surface area contributed by atoms with Crippen LogP contribution in [-0.2, 0) is 5.75 Å². The molecule has 0 radical (unpaired) electrons. The molecule has 0 bridgehead atoms. The summed E-state index contributed by atoms with van der Waals surface area (Å²) >= 11 is 1.59. The molecule has 0 aliphatic rings. The van der Waals surface area contributed by atoms with E-state index in [0.29, 0.717) is 5.56 Å². The molecule has 4 heteroatoms. The molecule has 112 valence electrons. The van der Waals surface area contributed by atoms with Crippen LogP contribution in [0.3, 0.4) is 0 Å². The van der Waals surface area contributed by atoms with Crippen molar-refractivity contribution in [1.82, 2.24) is 9.97 Å². The van der Waals surface area contributed by atoms with E-state index in [-0.39, 0.29) is 0 Å². The number of aromatic nitrogens is 2. The van der Waals surface area contributed by atoms with Crippen LogP contribution in [0.4, 0.5) is 0 Å². The number of hydrogen-bond donors (Lipinski definition) is 0. The van der Waals surface area contributed by atoms with Crippen LogP contribution in [0.5, 0.6) is 0 Å². The molecule has 0 aliphatic heterocycles. The minimum absolute atomic E-state index is 0.612. The molecule has 3 rings (SSSR count). The van der Waals surface area contributed by atoms with Gasteiger partial charge in [-0.3, -0.25) is 4.98 Å². The number of nitrogens with zero attached hydrogens (tertiary/aromatic N) is 3. The van der Waals surface area contributed by atoms with E-state index in [1.54, 1.807) is 24.2 Å². The first kappa shape index (κ1) is 15.3. The third-order valence-corrected chi connectivity index (χ3v) is 4.48. The van der Waals surface area contributed by atoms with Crippen LogP contribution in [0, 0.1) is 18.3 Å². The average Bonchev–Trinajstić information content (AvgIpc) is 2.60. The fraction of sp³-hybridized carbons (Fsp3) is 0.105. The molecule has 3 nitrogen and oxygen atoms in total. The molecule has 3 aromatic rings. The summed E-state index contributed by atoms with van der Waals surface area (Å²) < 4.78 is 0. The molecule has 2 aromatic heterocycles. The van der Waals surface area contributed by atoms with Crippen molar-refractivity contribution in [2.75, 3.05) is 0 Å². The molecule has 2 heterocycles. The van der Waals surface area contributed by atoms with Crippen molar-refractivity contribution in [3.05, 3.63) is 77.6 Å². The zero-order valence-electron chi connectivity index (χ0n) is 12.7. The molecule has 23 heavy (non-hydrogen) atoms. The summed E-state index contributed by atoms with van der Waals surface area (Å²) in [6, 6.07) is 18.2. The predicted octanol–water partition coefficient (Wildman–Crippen LogP) is 4.62. The Morgan fingerprint density at radius 2 is 1.91 bits per heavy atom. The second-order valence-electron chi connectivity index (χ2n) is 5.17. The van der Waals surface area contributed by atoms with Crippen LogP contribution < -0.4 is 0 Å². The molecule has 0 N–H and O–H groups in total. The number of hydrogen-bond acceptors (Lipinski definition) is 4. The van der Waals surface area contributed by atoms with Gasteiger partial charge in [0.2, 0.25) is 0 Å². The lowest BCUT2D eigenvalue weighted by Crippen LogP contribution is -1.92. The van der Waals surface area contributed by atoms with Gasteiger partial charge >= 0.3 is 0 Å². The van der Waals surface area contributed by atoms with Crippen LogP contribution >= 0.6 is 11.8 Å². The van der Waals surface area contributed by atoms with E-state index < -0.39 is 0 Å². The van der Waals surface area contributed by atoms with Gasteiger partial charge in [0, 0.05) is 23.7 Å². The lowest BCUT2D eigenvalue weighted by molar-refractivity contribution is 1.11. The van der Waals surface area contributed by atoms with E-state index in [9.17, 15) is 5.26 Å². The Bertz CT molecular complexity index is 854. The second kappa shape index (κ2) is 7.08. The number of aryl methyl sites for hydroxylation is 1. The Morgan fingerprint density at radius 3 is 2.65 bits per heavy atom. The first-order chi connectivity index (χ1) is 11.3. The van der Waals surface area contributed by atoms with Gasteiger partial charge in [-0.2, -0.15) is 5.26 Å². The van der Waals surface area contributed by atoms with Gasteiger partial charge in [0.05, 0.1) is 11.3 Å². The average molecular weight is 317 g/mol. The number of rotatable bonds is 4. The maximum Gasteiger partial charge on any atom is 0.115 e. The van der Waals surface area contributed by atoms with Crippen LogP contribution in [-0.4, -0.2) is 9.97 Å². The standard InChI is InChI=1S/C19H15N3S/c1-14-3-2-4-15(11-14)13-23-19-17(12-20)5-6-18(22-19)16-7-9-21-10-8-16/h2-11H,13H2,1H3. The first-order valence-electron chi connectivity index (χ1n) is 7.26. The third-order valence-electron chi connectivity index (χ3n) is 3.41. The summed E-state index contributed by atoms with van der Waals surface area (Å²) in [5.74, 6) is 0.795. The fourth-order valence-corrected chi connectivity index (χ4v) is 3.19. The van der Waals surface area contributed by atoms with Gasteiger partial charge in [-0.15, -0.1) is 11.8 Å². The monoisotopic (exact) mass is 317 g/mol. The van der Waals surface area contributed by atoms with Crippen LogP contribution in [0.2, 0.25) is 0 Å². The van der Waals surface area contributed by atoms with E-state index >= 15 is 0 Å². The topological polar surface area (TPSA) is 49.6 Å². The Hall–Kier alpha value is -2.64. The van der Waals surface area contributed by atoms with Crippen LogP contribution in [0.15, 0.2) is 66.0 Å². The SMILES string of the molecule is Cc1cccc(CSc2nc(-c3ccncc3)ccc2C#N)c1. The zero-order valence-corrected chi connectivity index (χ0v) is 13.5. The van der Waals surface area contributed by atoms with Crippen molar-refractivity contribution < 1.29 is 0 Å². The maximum absolute atomic E-state index is 9.31. The van der Waals surface area contributed by atoms with Crippen LogP contribution in [0.1, 0.15) is 16.7 Å². The van der Waals surface area contributed by atoms with Crippen molar-refractivity contribution in [1.29, 1.82) is 5.26 Å². The molecule has 0 unspecified atom stereocenters. The van der Waals surface area contributed by atoms with E-state index in [1.165, 1.54) is 11.1 Å². The van der Waals surface area contributed by atoms with Gasteiger partial charge in [-0.1, -0.05) is 29.8 Å². The molecule has 0 saturated carbocycles. The lowest BCUT2D eigenvalue weighted by atomic mass is 10.1. The summed E-state index contributed by atoms with van der Waals surface area (Å²) in [7, 11) is 0. The van der Waals surface area contributed by atoms with E-state index in [4.69, 9.17) is 0 Å². The smallest absolute Gasteiger partial charge is 0.115 e. The van der Waals surface area contributed by atoms with Crippen molar-refractivity contribution in [3.63, 3.8) is 0 Å². The Morgan fingerprint density at radius 1 is 1.09 bits per heavy atom. The quantitative estimate of drug-likeness (QED) is 0.659. The number of thioether (sulfide) groups is 1. The number of nitriles is 1. The molecule has 0 fully saturated rings. The molecule has 0 amide bonds. The van der Waals surface area contributed by atoms with Gasteiger partial charge in [0.25, 0.3) is 0 Å². The van der Waals surface area contributed by atoms with Gasteiger partial charge in [0.15, 0.2) is 0 Å². The molecule has 0 aliphatic carbocycles. The largest absolute Gasteiger partial charge is 0.265 e. The molecular formula is C19H15N3S. The lowest BCUT2D eigenvalue weighted by Gasteiger charge is -2.07. The Labute approximate surface area is 140 Å². The zero-order chi connectivity index (χ0) is 16.1. The van der Waals surface area contributed by atoms with Crippen molar-refractivity contribution in [2.24, 2.45) is 0 Å². The highest BCUT2D eigenvalue weighted by Gasteiger charge is 2.08. The predicted molar refractivity (Wildman–Crippen MR) is 92.9 cm³/mol. The second-order valence-corrected chi connectivity index (χ2v) is 6.14. The summed E-state index contributed by atoms with van der Waals surface area (Å²) in [5.41, 5.74) is 4.94. The summed E-state index contributed by atoms with van der Waals surface area (Å²) in [5, 5.41) is 10.1. The molecule has 0 spiro atoms. The van der Waals surface area contributed by atoms with E-state index in [2.05, 4.69) is 47.2 Å². The minimum atomic E-state index is 0.612. The Balaban J connectivity index is 1.87. The third kappa shape index (κ3) is 3.77. The number of benzene rings is 1. The van der Waals surface area contributed by atoms with Crippen molar-refractivity contribution in [2.45, 2.75) is 17.7 Å². The van der Waals surface area contributed by atoms with Crippen molar-refractivity contribution in [3.8, 4) is 17.3 Å². The number of pyridine rings is 2. The van der Waals surface area contributed by atoms with Crippen LogP contribution in [0.25, 0.3) is 11.3 Å². The molecular weight excluding hydrogens is 302 g/mol. The first-order valence-corrected chi connectivity index (χ1v) is 8.25. The molecule has 0 atom stereocenters. The summed E-state index contributed by atoms with van der Waals surface area (Å²) in [6.07, 6.45) is 3.49. The molecule has 1 aromatic carbocycles. The highest BCUT2D eigenvalue weighted by atomic mass is 32.2. The summed E-state index contributed by atoms with van der Waals surface area (Å²) in [4.78, 5) is 8.69. The van der Waals surface area contributed by atoms with Gasteiger partial charge in [0.1, 0.15) is 11.1 Å². The van der Waals surface area contributed by atoms with Gasteiger partial charge < -0.3 is 0 Å². The highest BCUT2D eigenvalue weighted by Crippen LogP contribution is 2.27. The maximum atomic E-state index is 9.31. The summed E-state index contributed by atoms with van der Waals surface area (Å²) in [6.45, 7) is 2.08. The molecule has 0 saturated heterocycles. The normalized spacial score (nSPS) is 10.3. The van der Waals surface area contributed by atoms with Gasteiger partial charge in [-0.25, -0.2) is 4.98 Å². The highest BCUT2D eigenvalue weighted by molar-refractivity contribution is 7.98. The van der Waals surface area contributed by atoms with E-state index in [0.717, 1.165) is 22.0 Å². The van der Waals surface area contributed by atoms with Gasteiger partial charge in [-0.05, 0) is 36.8 Å².